The van der Waals surface area contributed by atoms with Crippen molar-refractivity contribution in [2.45, 2.75) is 37.6 Å². The standard InChI is InChI=1S/C14H23N3O2S/c1-12-5-4-8-17(10-12)11-13(2)16-20(18,19)14-6-3-7-15-9-14/h3,6-7,9,12-13,16H,4-5,8,10-11H2,1-2H3/t12-,13-/m0/s1. The Balaban J connectivity index is 1.92. The lowest BCUT2D eigenvalue weighted by atomic mass is 10.00. The second-order valence-electron chi connectivity index (χ2n) is 5.72. The van der Waals surface area contributed by atoms with E-state index in [2.05, 4.69) is 21.5 Å². The first kappa shape index (κ1) is 15.4. The molecule has 2 heterocycles. The van der Waals surface area contributed by atoms with Gasteiger partial charge in [-0.2, -0.15) is 0 Å². The molecular weight excluding hydrogens is 274 g/mol. The average molecular weight is 297 g/mol. The fourth-order valence-electron chi connectivity index (χ4n) is 2.72. The monoisotopic (exact) mass is 297 g/mol. The molecule has 20 heavy (non-hydrogen) atoms. The Morgan fingerprint density at radius 3 is 3.00 bits per heavy atom. The smallest absolute Gasteiger partial charge is 0.242 e. The summed E-state index contributed by atoms with van der Waals surface area (Å²) in [6.45, 7) is 7.02. The molecule has 0 bridgehead atoms. The number of sulfonamides is 1. The highest BCUT2D eigenvalue weighted by Crippen LogP contribution is 2.16. The van der Waals surface area contributed by atoms with Gasteiger partial charge in [-0.1, -0.05) is 6.92 Å². The molecule has 1 aliphatic heterocycles. The van der Waals surface area contributed by atoms with Crippen molar-refractivity contribution in [2.75, 3.05) is 19.6 Å². The van der Waals surface area contributed by atoms with Gasteiger partial charge in [-0.3, -0.25) is 4.98 Å². The quantitative estimate of drug-likeness (QED) is 0.894. The first-order valence-corrected chi connectivity index (χ1v) is 8.60. The zero-order chi connectivity index (χ0) is 14.6. The molecule has 0 aliphatic carbocycles. The number of hydrogen-bond donors (Lipinski definition) is 1. The summed E-state index contributed by atoms with van der Waals surface area (Å²) in [5.41, 5.74) is 0. The topological polar surface area (TPSA) is 62.3 Å². The van der Waals surface area contributed by atoms with Crippen LogP contribution in [0.2, 0.25) is 0 Å². The van der Waals surface area contributed by atoms with E-state index in [4.69, 9.17) is 0 Å². The molecule has 1 aliphatic rings. The number of nitrogens with one attached hydrogen (secondary N) is 1. The number of piperidine rings is 1. The maximum absolute atomic E-state index is 12.2. The molecule has 0 spiro atoms. The summed E-state index contributed by atoms with van der Waals surface area (Å²) in [6, 6.07) is 3.09. The molecule has 1 aromatic heterocycles. The minimum absolute atomic E-state index is 0.106. The van der Waals surface area contributed by atoms with Crippen molar-refractivity contribution in [2.24, 2.45) is 5.92 Å². The number of rotatable bonds is 5. The van der Waals surface area contributed by atoms with Gasteiger partial charge in [0.1, 0.15) is 4.90 Å². The highest BCUT2D eigenvalue weighted by atomic mass is 32.2. The lowest BCUT2D eigenvalue weighted by Crippen LogP contribution is -2.45. The van der Waals surface area contributed by atoms with E-state index in [-0.39, 0.29) is 10.9 Å². The molecule has 112 valence electrons. The second-order valence-corrected chi connectivity index (χ2v) is 7.43. The SMILES string of the molecule is C[C@H]1CCCN(C[C@H](C)NS(=O)(=O)c2cccnc2)C1. The molecule has 0 radical (unpaired) electrons. The van der Waals surface area contributed by atoms with Crippen molar-refractivity contribution in [3.05, 3.63) is 24.5 Å². The molecule has 2 atom stereocenters. The van der Waals surface area contributed by atoms with Crippen molar-refractivity contribution in [1.29, 1.82) is 0 Å². The van der Waals surface area contributed by atoms with Crippen LogP contribution in [0.5, 0.6) is 0 Å². The highest BCUT2D eigenvalue weighted by Gasteiger charge is 2.21. The van der Waals surface area contributed by atoms with Gasteiger partial charge >= 0.3 is 0 Å². The summed E-state index contributed by atoms with van der Waals surface area (Å²) in [5.74, 6) is 0.700. The van der Waals surface area contributed by atoms with E-state index in [1.807, 2.05) is 6.92 Å². The molecule has 0 unspecified atom stereocenters. The van der Waals surface area contributed by atoms with Crippen LogP contribution in [-0.2, 0) is 10.0 Å². The third-order valence-corrected chi connectivity index (χ3v) is 5.15. The van der Waals surface area contributed by atoms with Crippen molar-refractivity contribution >= 4 is 10.0 Å². The van der Waals surface area contributed by atoms with Crippen LogP contribution < -0.4 is 4.72 Å². The molecule has 2 rings (SSSR count). The number of nitrogens with zero attached hydrogens (tertiary/aromatic N) is 2. The van der Waals surface area contributed by atoms with Crippen molar-refractivity contribution < 1.29 is 8.42 Å². The van der Waals surface area contributed by atoms with Gasteiger partial charge in [0.2, 0.25) is 10.0 Å². The lowest BCUT2D eigenvalue weighted by molar-refractivity contribution is 0.174. The number of hydrogen-bond acceptors (Lipinski definition) is 4. The fraction of sp³-hybridized carbons (Fsp3) is 0.643. The molecule has 6 heteroatoms. The number of aromatic nitrogens is 1. The van der Waals surface area contributed by atoms with Crippen molar-refractivity contribution in [3.8, 4) is 0 Å². The number of likely N-dealkylation sites (tertiary alicyclic amines) is 1. The summed E-state index contributed by atoms with van der Waals surface area (Å²) in [5, 5.41) is 0. The van der Waals surface area contributed by atoms with Gasteiger partial charge in [0.05, 0.1) is 0 Å². The Bertz CT molecular complexity index is 518. The fourth-order valence-corrected chi connectivity index (χ4v) is 3.91. The van der Waals surface area contributed by atoms with Gasteiger partial charge in [-0.25, -0.2) is 13.1 Å². The molecule has 1 aromatic rings. The lowest BCUT2D eigenvalue weighted by Gasteiger charge is -2.32. The summed E-state index contributed by atoms with van der Waals surface area (Å²) >= 11 is 0. The summed E-state index contributed by atoms with van der Waals surface area (Å²) < 4.78 is 27.1. The molecule has 0 aromatic carbocycles. The zero-order valence-electron chi connectivity index (χ0n) is 12.1. The van der Waals surface area contributed by atoms with Gasteiger partial charge in [0.15, 0.2) is 0 Å². The van der Waals surface area contributed by atoms with E-state index in [1.165, 1.54) is 19.0 Å². The molecule has 1 saturated heterocycles. The van der Waals surface area contributed by atoms with Crippen LogP contribution in [0, 0.1) is 5.92 Å². The molecule has 0 amide bonds. The molecule has 1 N–H and O–H groups in total. The maximum Gasteiger partial charge on any atom is 0.242 e. The summed E-state index contributed by atoms with van der Waals surface area (Å²) in [7, 11) is -3.46. The van der Waals surface area contributed by atoms with E-state index in [9.17, 15) is 8.42 Å². The van der Waals surface area contributed by atoms with Crippen LogP contribution >= 0.6 is 0 Å². The minimum atomic E-state index is -3.46. The van der Waals surface area contributed by atoms with E-state index >= 15 is 0 Å². The Morgan fingerprint density at radius 2 is 2.35 bits per heavy atom. The van der Waals surface area contributed by atoms with Crippen LogP contribution in [0.1, 0.15) is 26.7 Å². The third kappa shape index (κ3) is 4.26. The Kier molecular flexibility index (Phi) is 5.12. The first-order chi connectivity index (χ1) is 9.47. The Labute approximate surface area is 121 Å². The largest absolute Gasteiger partial charge is 0.301 e. The van der Waals surface area contributed by atoms with Crippen LogP contribution in [0.15, 0.2) is 29.4 Å². The van der Waals surface area contributed by atoms with Gasteiger partial charge in [-0.05, 0) is 44.4 Å². The van der Waals surface area contributed by atoms with E-state index in [1.54, 1.807) is 18.3 Å². The molecule has 0 saturated carbocycles. The normalized spacial score (nSPS) is 22.6. The van der Waals surface area contributed by atoms with Crippen molar-refractivity contribution in [1.82, 2.24) is 14.6 Å². The van der Waals surface area contributed by atoms with Crippen LogP contribution in [-0.4, -0.2) is 44.0 Å². The van der Waals surface area contributed by atoms with Gasteiger partial charge < -0.3 is 4.90 Å². The second kappa shape index (κ2) is 6.65. The summed E-state index contributed by atoms with van der Waals surface area (Å²) in [6.07, 6.45) is 5.41. The van der Waals surface area contributed by atoms with E-state index < -0.39 is 10.0 Å². The highest BCUT2D eigenvalue weighted by molar-refractivity contribution is 7.89. The molecule has 1 fully saturated rings. The molecule has 5 nitrogen and oxygen atoms in total. The Morgan fingerprint density at radius 1 is 1.55 bits per heavy atom. The first-order valence-electron chi connectivity index (χ1n) is 7.12. The van der Waals surface area contributed by atoms with E-state index in [0.717, 1.165) is 19.6 Å². The molecular formula is C14H23N3O2S. The van der Waals surface area contributed by atoms with Crippen LogP contribution in [0.3, 0.4) is 0 Å². The van der Waals surface area contributed by atoms with Crippen LogP contribution in [0.4, 0.5) is 0 Å². The van der Waals surface area contributed by atoms with Crippen molar-refractivity contribution in [3.63, 3.8) is 0 Å². The third-order valence-electron chi connectivity index (χ3n) is 3.57. The predicted octanol–water partition coefficient (Wildman–Crippen LogP) is 1.48. The van der Waals surface area contributed by atoms with Gasteiger partial charge in [0.25, 0.3) is 0 Å². The van der Waals surface area contributed by atoms with Gasteiger partial charge in [0, 0.05) is 31.5 Å². The zero-order valence-corrected chi connectivity index (χ0v) is 12.9. The van der Waals surface area contributed by atoms with Gasteiger partial charge in [-0.15, -0.1) is 0 Å². The Hall–Kier alpha value is -0.980. The minimum Gasteiger partial charge on any atom is -0.301 e. The summed E-state index contributed by atoms with van der Waals surface area (Å²) in [4.78, 5) is 6.41. The maximum atomic E-state index is 12.2. The predicted molar refractivity (Wildman–Crippen MR) is 78.9 cm³/mol. The van der Waals surface area contributed by atoms with E-state index in [0.29, 0.717) is 5.92 Å². The van der Waals surface area contributed by atoms with Crippen LogP contribution in [0.25, 0.3) is 0 Å². The number of pyridine rings is 1. The average Bonchev–Trinajstić information content (AvgIpc) is 2.39.